The molecule has 3 atom stereocenters. The molecule has 1 N–H and O–H groups in total. The van der Waals surface area contributed by atoms with E-state index in [9.17, 15) is 0 Å². The summed E-state index contributed by atoms with van der Waals surface area (Å²) in [5, 5.41) is 2.50. The van der Waals surface area contributed by atoms with Crippen LogP contribution in [0.25, 0.3) is 0 Å². The second-order valence-electron chi connectivity index (χ2n) is 8.99. The lowest BCUT2D eigenvalue weighted by Gasteiger charge is -2.35. The lowest BCUT2D eigenvalue weighted by atomic mass is 9.91. The maximum absolute atomic E-state index is 3.76. The number of hydrazine groups is 1. The summed E-state index contributed by atoms with van der Waals surface area (Å²) in [7, 11) is 0. The molecule has 4 nitrogen and oxygen atoms in total. The van der Waals surface area contributed by atoms with Crippen molar-refractivity contribution in [3.63, 3.8) is 0 Å². The molecule has 0 aromatic heterocycles. The van der Waals surface area contributed by atoms with Gasteiger partial charge < -0.3 is 4.90 Å². The number of nitrogens with one attached hydrogen (secondary N) is 1. The molecule has 162 valence electrons. The Morgan fingerprint density at radius 2 is 1.43 bits per heavy atom. The van der Waals surface area contributed by atoms with E-state index in [2.05, 4.69) is 80.9 Å². The van der Waals surface area contributed by atoms with Crippen LogP contribution in [0.5, 0.6) is 0 Å². The molecule has 2 aromatic carbocycles. The van der Waals surface area contributed by atoms with Gasteiger partial charge in [-0.15, -0.1) is 0 Å². The molecule has 2 aliphatic heterocycles. The SMILES string of the molecule is c1ccc(CC2CCCN3CCN(Cc4ccccc4)CCNN(CC2)CC3)cc1. The zero-order chi connectivity index (χ0) is 20.4. The van der Waals surface area contributed by atoms with E-state index in [0.717, 1.165) is 45.2 Å². The van der Waals surface area contributed by atoms with Crippen LogP contribution in [0.2, 0.25) is 0 Å². The van der Waals surface area contributed by atoms with Crippen molar-refractivity contribution in [2.24, 2.45) is 5.92 Å². The van der Waals surface area contributed by atoms with Crippen LogP contribution >= 0.6 is 0 Å². The molecule has 2 fully saturated rings. The van der Waals surface area contributed by atoms with Crippen LogP contribution in [0.15, 0.2) is 60.7 Å². The second kappa shape index (κ2) is 11.6. The van der Waals surface area contributed by atoms with Crippen LogP contribution < -0.4 is 5.43 Å². The van der Waals surface area contributed by atoms with E-state index in [-0.39, 0.29) is 0 Å². The molecule has 0 saturated carbocycles. The normalized spacial score (nSPS) is 26.9. The van der Waals surface area contributed by atoms with Crippen LogP contribution in [0.4, 0.5) is 0 Å². The number of benzene rings is 2. The van der Waals surface area contributed by atoms with E-state index in [4.69, 9.17) is 0 Å². The van der Waals surface area contributed by atoms with Gasteiger partial charge in [0, 0.05) is 52.4 Å². The highest BCUT2D eigenvalue weighted by Gasteiger charge is 2.19. The molecule has 4 heteroatoms. The Bertz CT molecular complexity index is 657. The molecule has 3 unspecified atom stereocenters. The Morgan fingerprint density at radius 3 is 2.23 bits per heavy atom. The monoisotopic (exact) mass is 406 g/mol. The van der Waals surface area contributed by atoms with Gasteiger partial charge in [0.15, 0.2) is 0 Å². The average Bonchev–Trinajstić information content (AvgIpc) is 2.79. The predicted octanol–water partition coefficient (Wildman–Crippen LogP) is 3.65. The Labute approximate surface area is 182 Å². The Balaban J connectivity index is 1.36. The topological polar surface area (TPSA) is 21.8 Å². The molecule has 0 aliphatic carbocycles. The Morgan fingerprint density at radius 1 is 0.700 bits per heavy atom. The lowest BCUT2D eigenvalue weighted by Crippen LogP contribution is -2.50. The van der Waals surface area contributed by atoms with Crippen molar-refractivity contribution in [3.8, 4) is 0 Å². The molecule has 2 bridgehead atoms. The average molecular weight is 407 g/mol. The molecule has 4 rings (SSSR count). The van der Waals surface area contributed by atoms with Crippen molar-refractivity contribution in [3.05, 3.63) is 71.8 Å². The summed E-state index contributed by atoms with van der Waals surface area (Å²) in [6.07, 6.45) is 5.17. The highest BCUT2D eigenvalue weighted by atomic mass is 15.5. The fourth-order valence-electron chi connectivity index (χ4n) is 4.87. The van der Waals surface area contributed by atoms with Crippen molar-refractivity contribution in [2.45, 2.75) is 32.2 Å². The number of fused-ring (bicyclic) bond motifs is 3. The number of nitrogens with zero attached hydrogens (tertiary/aromatic N) is 3. The Hall–Kier alpha value is -1.72. The second-order valence-corrected chi connectivity index (χ2v) is 8.99. The van der Waals surface area contributed by atoms with Crippen LogP contribution in [0.3, 0.4) is 0 Å². The molecule has 2 aliphatic rings. The molecule has 2 heterocycles. The first-order valence-corrected chi connectivity index (χ1v) is 11.9. The lowest BCUT2D eigenvalue weighted by molar-refractivity contribution is 0.0990. The van der Waals surface area contributed by atoms with Gasteiger partial charge in [-0.3, -0.25) is 10.3 Å². The van der Waals surface area contributed by atoms with E-state index < -0.39 is 0 Å². The van der Waals surface area contributed by atoms with E-state index in [1.165, 1.54) is 56.4 Å². The maximum Gasteiger partial charge on any atom is 0.0258 e. The zero-order valence-corrected chi connectivity index (χ0v) is 18.4. The summed E-state index contributed by atoms with van der Waals surface area (Å²) >= 11 is 0. The van der Waals surface area contributed by atoms with Crippen LogP contribution in [0.1, 0.15) is 30.4 Å². The minimum atomic E-state index is 0.786. The number of rotatable bonds is 4. The van der Waals surface area contributed by atoms with E-state index in [1.807, 2.05) is 0 Å². The van der Waals surface area contributed by atoms with Crippen molar-refractivity contribution in [2.75, 3.05) is 52.4 Å². The fraction of sp³-hybridized carbons (Fsp3) is 0.538. The molecule has 0 radical (unpaired) electrons. The Kier molecular flexibility index (Phi) is 8.33. The van der Waals surface area contributed by atoms with Gasteiger partial charge in [0.2, 0.25) is 0 Å². The zero-order valence-electron chi connectivity index (χ0n) is 18.4. The van der Waals surface area contributed by atoms with Gasteiger partial charge >= 0.3 is 0 Å². The minimum absolute atomic E-state index is 0.786. The van der Waals surface area contributed by atoms with Crippen molar-refractivity contribution in [1.29, 1.82) is 0 Å². The smallest absolute Gasteiger partial charge is 0.0258 e. The highest BCUT2D eigenvalue weighted by molar-refractivity contribution is 5.15. The quantitative estimate of drug-likeness (QED) is 0.837. The summed E-state index contributed by atoms with van der Waals surface area (Å²) in [6, 6.07) is 22.0. The molecule has 0 amide bonds. The van der Waals surface area contributed by atoms with Gasteiger partial charge in [-0.25, -0.2) is 5.01 Å². The minimum Gasteiger partial charge on any atom is -0.301 e. The van der Waals surface area contributed by atoms with Gasteiger partial charge in [0.25, 0.3) is 0 Å². The van der Waals surface area contributed by atoms with Crippen LogP contribution in [-0.2, 0) is 13.0 Å². The van der Waals surface area contributed by atoms with Gasteiger partial charge in [0.05, 0.1) is 0 Å². The van der Waals surface area contributed by atoms with Crippen LogP contribution in [0, 0.1) is 5.92 Å². The standard InChI is InChI=1S/C26H38N4/c1-3-8-24(9-4-1)22-25-12-7-15-28-18-19-29(23-26-10-5-2-6-11-26)17-14-27-30(16-13-25)21-20-28/h1-6,8-11,25,27H,7,12-23H2. The van der Waals surface area contributed by atoms with E-state index >= 15 is 0 Å². The molecule has 30 heavy (non-hydrogen) atoms. The fourth-order valence-corrected chi connectivity index (χ4v) is 4.87. The van der Waals surface area contributed by atoms with Crippen molar-refractivity contribution in [1.82, 2.24) is 20.2 Å². The first-order chi connectivity index (χ1) is 14.8. The highest BCUT2D eigenvalue weighted by Crippen LogP contribution is 2.20. The van der Waals surface area contributed by atoms with Crippen LogP contribution in [-0.4, -0.2) is 67.2 Å². The van der Waals surface area contributed by atoms with Crippen molar-refractivity contribution >= 4 is 0 Å². The maximum atomic E-state index is 3.76. The summed E-state index contributed by atoms with van der Waals surface area (Å²) < 4.78 is 0. The summed E-state index contributed by atoms with van der Waals surface area (Å²) in [6.45, 7) is 10.2. The van der Waals surface area contributed by atoms with Gasteiger partial charge in [-0.2, -0.15) is 0 Å². The summed E-state index contributed by atoms with van der Waals surface area (Å²) in [5.41, 5.74) is 6.67. The first kappa shape index (κ1) is 21.5. The summed E-state index contributed by atoms with van der Waals surface area (Å²) in [5.74, 6) is 0.786. The third-order valence-corrected chi connectivity index (χ3v) is 6.69. The number of hydrogen-bond acceptors (Lipinski definition) is 4. The van der Waals surface area contributed by atoms with Crippen molar-refractivity contribution < 1.29 is 0 Å². The van der Waals surface area contributed by atoms with Gasteiger partial charge in [0.1, 0.15) is 0 Å². The largest absolute Gasteiger partial charge is 0.301 e. The predicted molar refractivity (Wildman–Crippen MR) is 125 cm³/mol. The van der Waals surface area contributed by atoms with Gasteiger partial charge in [-0.05, 0) is 49.3 Å². The molecule has 2 aromatic rings. The van der Waals surface area contributed by atoms with Gasteiger partial charge in [-0.1, -0.05) is 60.7 Å². The molecule has 0 spiro atoms. The van der Waals surface area contributed by atoms with E-state index in [1.54, 1.807) is 0 Å². The summed E-state index contributed by atoms with van der Waals surface area (Å²) in [4.78, 5) is 5.31. The molecule has 2 saturated heterocycles. The third kappa shape index (κ3) is 6.92. The third-order valence-electron chi connectivity index (χ3n) is 6.69. The molecular formula is C26H38N4. The van der Waals surface area contributed by atoms with E-state index in [0.29, 0.717) is 0 Å². The number of hydrogen-bond donors (Lipinski definition) is 1. The first-order valence-electron chi connectivity index (χ1n) is 11.9. The molecular weight excluding hydrogens is 368 g/mol.